The molecule has 3 rings (SSSR count). The van der Waals surface area contributed by atoms with Crippen molar-refractivity contribution in [3.63, 3.8) is 0 Å². The zero-order chi connectivity index (χ0) is 20.9. The van der Waals surface area contributed by atoms with E-state index in [-0.39, 0.29) is 24.3 Å². The molecule has 0 spiro atoms. The number of ether oxygens (including phenoxy) is 1. The first-order valence-corrected chi connectivity index (χ1v) is 8.81. The molecule has 0 aliphatic heterocycles. The van der Waals surface area contributed by atoms with Gasteiger partial charge >= 0.3 is 6.18 Å². The first kappa shape index (κ1) is 20.7. The lowest BCUT2D eigenvalue weighted by atomic mass is 10.0. The smallest absolute Gasteiger partial charge is 0.416 e. The second-order valence-corrected chi connectivity index (χ2v) is 6.44. The van der Waals surface area contributed by atoms with Crippen molar-refractivity contribution in [1.82, 2.24) is 14.8 Å². The molecule has 150 valence electrons. The van der Waals surface area contributed by atoms with Crippen molar-refractivity contribution in [3.05, 3.63) is 71.3 Å². The fraction of sp³-hybridized carbons (Fsp3) is 0.200. The van der Waals surface area contributed by atoms with E-state index in [1.165, 1.54) is 29.5 Å². The highest BCUT2D eigenvalue weighted by molar-refractivity contribution is 6.30. The van der Waals surface area contributed by atoms with Gasteiger partial charge in [0.15, 0.2) is 0 Å². The van der Waals surface area contributed by atoms with Gasteiger partial charge in [0.25, 0.3) is 0 Å². The summed E-state index contributed by atoms with van der Waals surface area (Å²) >= 11 is 5.79. The Morgan fingerprint density at radius 3 is 2.52 bits per heavy atom. The van der Waals surface area contributed by atoms with Gasteiger partial charge in [-0.3, -0.25) is 0 Å². The maximum atomic E-state index is 13.5. The number of nitrogens with zero attached hydrogens (tertiary/aromatic N) is 3. The number of hydrogen-bond acceptors (Lipinski definition) is 4. The first-order chi connectivity index (χ1) is 13.8. The average Bonchev–Trinajstić information content (AvgIpc) is 3.17. The van der Waals surface area contributed by atoms with E-state index in [0.717, 1.165) is 6.07 Å². The lowest BCUT2D eigenvalue weighted by molar-refractivity contribution is -0.138. The zero-order valence-electron chi connectivity index (χ0n) is 14.9. The molecule has 0 bridgehead atoms. The van der Waals surface area contributed by atoms with Crippen LogP contribution in [0.2, 0.25) is 5.02 Å². The number of aromatic nitrogens is 3. The van der Waals surface area contributed by atoms with E-state index in [1.54, 1.807) is 24.3 Å². The largest absolute Gasteiger partial charge is 0.457 e. The molecular weight excluding hydrogens is 407 g/mol. The van der Waals surface area contributed by atoms with E-state index in [9.17, 15) is 18.3 Å². The highest BCUT2D eigenvalue weighted by Gasteiger charge is 2.33. The van der Waals surface area contributed by atoms with E-state index in [2.05, 4.69) is 21.9 Å². The Labute approximate surface area is 169 Å². The third-order valence-corrected chi connectivity index (χ3v) is 4.06. The number of alkyl halides is 3. The van der Waals surface area contributed by atoms with Crippen molar-refractivity contribution in [2.24, 2.45) is 0 Å². The van der Waals surface area contributed by atoms with Gasteiger partial charge in [-0.05, 0) is 42.0 Å². The lowest BCUT2D eigenvalue weighted by Gasteiger charge is -2.14. The number of rotatable bonds is 5. The van der Waals surface area contributed by atoms with Crippen molar-refractivity contribution in [1.29, 1.82) is 0 Å². The van der Waals surface area contributed by atoms with E-state index < -0.39 is 17.8 Å². The number of benzene rings is 2. The summed E-state index contributed by atoms with van der Waals surface area (Å²) < 4.78 is 47.3. The molecule has 1 unspecified atom stereocenters. The van der Waals surface area contributed by atoms with E-state index in [0.29, 0.717) is 10.8 Å². The van der Waals surface area contributed by atoms with Crippen LogP contribution in [0.5, 0.6) is 11.5 Å². The second-order valence-electron chi connectivity index (χ2n) is 6.00. The lowest BCUT2D eigenvalue weighted by Crippen LogP contribution is -2.14. The van der Waals surface area contributed by atoms with E-state index in [1.807, 2.05) is 0 Å². The van der Waals surface area contributed by atoms with Gasteiger partial charge in [0.1, 0.15) is 30.3 Å². The summed E-state index contributed by atoms with van der Waals surface area (Å²) in [4.78, 5) is 3.73. The van der Waals surface area contributed by atoms with Gasteiger partial charge in [-0.15, -0.1) is 0 Å². The molecule has 9 heteroatoms. The van der Waals surface area contributed by atoms with Crippen LogP contribution in [0, 0.1) is 11.8 Å². The Kier molecular flexibility index (Phi) is 6.42. The quantitative estimate of drug-likeness (QED) is 0.622. The minimum Gasteiger partial charge on any atom is -0.457 e. The van der Waals surface area contributed by atoms with Crippen LogP contribution in [-0.4, -0.2) is 26.0 Å². The molecule has 5 nitrogen and oxygen atoms in total. The fourth-order valence-corrected chi connectivity index (χ4v) is 2.62. The zero-order valence-corrected chi connectivity index (χ0v) is 15.7. The molecule has 1 N–H and O–H groups in total. The summed E-state index contributed by atoms with van der Waals surface area (Å²) in [6.07, 6.45) is -3.10. The molecule has 0 amide bonds. The van der Waals surface area contributed by atoms with Gasteiger partial charge in [-0.25, -0.2) is 9.67 Å². The van der Waals surface area contributed by atoms with Crippen molar-refractivity contribution < 1.29 is 23.0 Å². The predicted octanol–water partition coefficient (Wildman–Crippen LogP) is 4.35. The molecular formula is C20H15ClF3N3O2. The fourth-order valence-electron chi connectivity index (χ4n) is 2.49. The number of hydrogen-bond donors (Lipinski definition) is 1. The van der Waals surface area contributed by atoms with Crippen LogP contribution in [0.15, 0.2) is 55.1 Å². The van der Waals surface area contributed by atoms with Crippen molar-refractivity contribution in [2.45, 2.75) is 25.2 Å². The van der Waals surface area contributed by atoms with Crippen LogP contribution in [0.4, 0.5) is 13.2 Å². The maximum absolute atomic E-state index is 13.5. The normalized spacial score (nSPS) is 12.2. The highest BCUT2D eigenvalue weighted by Crippen LogP contribution is 2.35. The van der Waals surface area contributed by atoms with Crippen molar-refractivity contribution in [3.8, 4) is 23.3 Å². The molecule has 0 aliphatic carbocycles. The molecule has 3 aromatic rings. The van der Waals surface area contributed by atoms with Crippen LogP contribution in [0.3, 0.4) is 0 Å². The summed E-state index contributed by atoms with van der Waals surface area (Å²) in [5.41, 5.74) is -0.856. The number of halogens is 4. The van der Waals surface area contributed by atoms with Crippen LogP contribution >= 0.6 is 11.6 Å². The molecule has 2 aromatic carbocycles. The van der Waals surface area contributed by atoms with Gasteiger partial charge in [-0.1, -0.05) is 29.5 Å². The minimum atomic E-state index is -4.57. The second kappa shape index (κ2) is 8.99. The number of aliphatic hydroxyl groups excluding tert-OH is 1. The summed E-state index contributed by atoms with van der Waals surface area (Å²) in [6.45, 7) is 0.0764. The third kappa shape index (κ3) is 5.98. The van der Waals surface area contributed by atoms with Gasteiger partial charge in [0.05, 0.1) is 12.1 Å². The molecule has 0 saturated carbocycles. The summed E-state index contributed by atoms with van der Waals surface area (Å²) in [5, 5.41) is 14.2. The Hall–Kier alpha value is -3.02. The average molecular weight is 422 g/mol. The standard InChI is InChI=1S/C20H15ClF3N3O2/c21-15-5-8-17(9-6-15)29-18-7-4-14(19(10-18)20(22,23)24)2-1-3-16(28)11-27-13-25-12-26-27/h4-10,12-13,16,28H,2,11H2. The molecule has 29 heavy (non-hydrogen) atoms. The van der Waals surface area contributed by atoms with Crippen LogP contribution in [0.1, 0.15) is 11.1 Å². The third-order valence-electron chi connectivity index (χ3n) is 3.81. The topological polar surface area (TPSA) is 60.2 Å². The first-order valence-electron chi connectivity index (χ1n) is 8.43. The van der Waals surface area contributed by atoms with E-state index in [4.69, 9.17) is 16.3 Å². The summed E-state index contributed by atoms with van der Waals surface area (Å²) in [7, 11) is 0. The monoisotopic (exact) mass is 421 g/mol. The highest BCUT2D eigenvalue weighted by atomic mass is 35.5. The van der Waals surface area contributed by atoms with Crippen LogP contribution < -0.4 is 4.74 Å². The predicted molar refractivity (Wildman–Crippen MR) is 100 cm³/mol. The molecule has 0 radical (unpaired) electrons. The van der Waals surface area contributed by atoms with Gasteiger partial charge in [-0.2, -0.15) is 18.3 Å². The SMILES string of the molecule is OC(C#CCc1ccc(Oc2ccc(Cl)cc2)cc1C(F)(F)F)Cn1cncn1. The van der Waals surface area contributed by atoms with Crippen molar-refractivity contribution >= 4 is 11.6 Å². The molecule has 0 aliphatic rings. The Balaban J connectivity index is 1.74. The molecule has 0 saturated heterocycles. The number of aliphatic hydroxyl groups is 1. The van der Waals surface area contributed by atoms with Gasteiger partial charge < -0.3 is 9.84 Å². The molecule has 1 atom stereocenters. The minimum absolute atomic E-state index is 0.0126. The van der Waals surface area contributed by atoms with Gasteiger partial charge in [0.2, 0.25) is 0 Å². The molecule has 0 fully saturated rings. The van der Waals surface area contributed by atoms with Gasteiger partial charge in [0, 0.05) is 11.4 Å². The maximum Gasteiger partial charge on any atom is 0.416 e. The Morgan fingerprint density at radius 2 is 1.86 bits per heavy atom. The van der Waals surface area contributed by atoms with Crippen molar-refractivity contribution in [2.75, 3.05) is 0 Å². The Morgan fingerprint density at radius 1 is 1.14 bits per heavy atom. The molecule has 1 aromatic heterocycles. The summed E-state index contributed by atoms with van der Waals surface area (Å²) in [6, 6.07) is 9.96. The summed E-state index contributed by atoms with van der Waals surface area (Å²) in [5.74, 6) is 5.51. The van der Waals surface area contributed by atoms with Crippen LogP contribution in [0.25, 0.3) is 0 Å². The molecule has 1 heterocycles. The van der Waals surface area contributed by atoms with Crippen LogP contribution in [-0.2, 0) is 19.1 Å². The Bertz CT molecular complexity index is 1010. The van der Waals surface area contributed by atoms with E-state index >= 15 is 0 Å².